The molecule has 1 aromatic heterocycles. The first-order chi connectivity index (χ1) is 7.27. The van der Waals surface area contributed by atoms with Gasteiger partial charge in [-0.3, -0.25) is 0 Å². The quantitative estimate of drug-likeness (QED) is 0.841. The summed E-state index contributed by atoms with van der Waals surface area (Å²) < 4.78 is 14.3. The van der Waals surface area contributed by atoms with Crippen molar-refractivity contribution in [3.05, 3.63) is 34.5 Å². The van der Waals surface area contributed by atoms with Crippen molar-refractivity contribution in [2.75, 3.05) is 7.05 Å². The van der Waals surface area contributed by atoms with Crippen molar-refractivity contribution in [1.29, 1.82) is 0 Å². The number of halogens is 1. The standard InChI is InChI=1S/C12H14FNS/c1-3-8-9-5-4-6-10(13)12(9)15-11(8)7-14-2/h4-6,14H,3,7H2,1-2H3. The number of rotatable bonds is 3. The summed E-state index contributed by atoms with van der Waals surface area (Å²) in [6.07, 6.45) is 0.959. The van der Waals surface area contributed by atoms with Crippen LogP contribution in [0.4, 0.5) is 4.39 Å². The fourth-order valence-electron chi connectivity index (χ4n) is 1.88. The van der Waals surface area contributed by atoms with Gasteiger partial charge in [0.2, 0.25) is 0 Å². The molecule has 1 aromatic carbocycles. The molecule has 0 aliphatic heterocycles. The molecular formula is C12H14FNS. The van der Waals surface area contributed by atoms with E-state index in [-0.39, 0.29) is 5.82 Å². The van der Waals surface area contributed by atoms with Gasteiger partial charge in [0.25, 0.3) is 0 Å². The van der Waals surface area contributed by atoms with E-state index in [2.05, 4.69) is 12.2 Å². The van der Waals surface area contributed by atoms with E-state index in [1.165, 1.54) is 16.5 Å². The van der Waals surface area contributed by atoms with Gasteiger partial charge in [0.05, 0.1) is 4.70 Å². The van der Waals surface area contributed by atoms with E-state index in [4.69, 9.17) is 0 Å². The Morgan fingerprint density at radius 2 is 2.20 bits per heavy atom. The van der Waals surface area contributed by atoms with Crippen LogP contribution in [0.15, 0.2) is 18.2 Å². The molecule has 0 atom stereocenters. The van der Waals surface area contributed by atoms with E-state index in [0.717, 1.165) is 23.1 Å². The Balaban J connectivity index is 2.67. The summed E-state index contributed by atoms with van der Waals surface area (Å²) in [5.74, 6) is -0.102. The maximum Gasteiger partial charge on any atom is 0.141 e. The van der Waals surface area contributed by atoms with Gasteiger partial charge in [-0.25, -0.2) is 4.39 Å². The highest BCUT2D eigenvalue weighted by Gasteiger charge is 2.12. The zero-order valence-electron chi connectivity index (χ0n) is 8.93. The fourth-order valence-corrected chi connectivity index (χ4v) is 3.18. The van der Waals surface area contributed by atoms with Crippen molar-refractivity contribution in [3.8, 4) is 0 Å². The van der Waals surface area contributed by atoms with Crippen LogP contribution in [0.1, 0.15) is 17.4 Å². The van der Waals surface area contributed by atoms with Crippen molar-refractivity contribution in [3.63, 3.8) is 0 Å². The highest BCUT2D eigenvalue weighted by atomic mass is 32.1. The smallest absolute Gasteiger partial charge is 0.141 e. The first kappa shape index (κ1) is 10.6. The first-order valence-electron chi connectivity index (χ1n) is 5.11. The van der Waals surface area contributed by atoms with Crippen molar-refractivity contribution >= 4 is 21.4 Å². The Hall–Kier alpha value is -0.930. The molecule has 0 spiro atoms. The van der Waals surface area contributed by atoms with E-state index in [1.807, 2.05) is 13.1 Å². The van der Waals surface area contributed by atoms with Gasteiger partial charge in [-0.2, -0.15) is 0 Å². The number of aryl methyl sites for hydroxylation is 1. The summed E-state index contributed by atoms with van der Waals surface area (Å²) in [7, 11) is 1.92. The highest BCUT2D eigenvalue weighted by molar-refractivity contribution is 7.19. The van der Waals surface area contributed by atoms with Crippen LogP contribution in [0, 0.1) is 5.82 Å². The normalized spacial score (nSPS) is 11.1. The second-order valence-corrected chi connectivity index (χ2v) is 4.61. The number of nitrogens with one attached hydrogen (secondary N) is 1. The molecule has 0 unspecified atom stereocenters. The van der Waals surface area contributed by atoms with E-state index in [1.54, 1.807) is 17.4 Å². The van der Waals surface area contributed by atoms with Gasteiger partial charge < -0.3 is 5.32 Å². The summed E-state index contributed by atoms with van der Waals surface area (Å²) in [4.78, 5) is 1.25. The van der Waals surface area contributed by atoms with Crippen molar-refractivity contribution < 1.29 is 4.39 Å². The topological polar surface area (TPSA) is 12.0 Å². The van der Waals surface area contributed by atoms with Crippen LogP contribution in [-0.2, 0) is 13.0 Å². The van der Waals surface area contributed by atoms with Crippen LogP contribution in [0.25, 0.3) is 10.1 Å². The number of benzene rings is 1. The molecule has 0 saturated heterocycles. The lowest BCUT2D eigenvalue weighted by Gasteiger charge is -1.99. The molecule has 0 bridgehead atoms. The molecule has 80 valence electrons. The van der Waals surface area contributed by atoms with Crippen LogP contribution in [0.5, 0.6) is 0 Å². The SMILES string of the molecule is CCc1c(CNC)sc2c(F)cccc12. The van der Waals surface area contributed by atoms with E-state index in [9.17, 15) is 4.39 Å². The minimum atomic E-state index is -0.102. The lowest BCUT2D eigenvalue weighted by Crippen LogP contribution is -2.04. The van der Waals surface area contributed by atoms with Crippen LogP contribution in [0.3, 0.4) is 0 Å². The van der Waals surface area contributed by atoms with Crippen LogP contribution in [0.2, 0.25) is 0 Å². The molecule has 0 amide bonds. The monoisotopic (exact) mass is 223 g/mol. The zero-order valence-corrected chi connectivity index (χ0v) is 9.75. The molecule has 3 heteroatoms. The van der Waals surface area contributed by atoms with Crippen LogP contribution < -0.4 is 5.32 Å². The molecule has 1 N–H and O–H groups in total. The van der Waals surface area contributed by atoms with Crippen molar-refractivity contribution in [2.24, 2.45) is 0 Å². The molecule has 0 radical (unpaired) electrons. The lowest BCUT2D eigenvalue weighted by atomic mass is 10.1. The Morgan fingerprint density at radius 3 is 2.87 bits per heavy atom. The van der Waals surface area contributed by atoms with Crippen molar-refractivity contribution in [2.45, 2.75) is 19.9 Å². The first-order valence-corrected chi connectivity index (χ1v) is 5.93. The molecule has 0 saturated carbocycles. The fraction of sp³-hybridized carbons (Fsp3) is 0.333. The summed E-state index contributed by atoms with van der Waals surface area (Å²) in [6, 6.07) is 5.32. The van der Waals surface area contributed by atoms with Gasteiger partial charge in [0.15, 0.2) is 0 Å². The maximum absolute atomic E-state index is 13.5. The number of hydrogen-bond donors (Lipinski definition) is 1. The predicted octanol–water partition coefficient (Wildman–Crippen LogP) is 3.32. The second kappa shape index (κ2) is 4.29. The number of thiophene rings is 1. The van der Waals surface area contributed by atoms with Gasteiger partial charge in [-0.15, -0.1) is 11.3 Å². The van der Waals surface area contributed by atoms with Gasteiger partial charge in [-0.1, -0.05) is 19.1 Å². The summed E-state index contributed by atoms with van der Waals surface area (Å²) in [6.45, 7) is 2.94. The Morgan fingerprint density at radius 1 is 1.40 bits per heavy atom. The third kappa shape index (κ3) is 1.77. The second-order valence-electron chi connectivity index (χ2n) is 3.50. The molecular weight excluding hydrogens is 209 g/mol. The van der Waals surface area contributed by atoms with Gasteiger partial charge in [-0.05, 0) is 30.5 Å². The van der Waals surface area contributed by atoms with Crippen molar-refractivity contribution in [1.82, 2.24) is 5.32 Å². The number of fused-ring (bicyclic) bond motifs is 1. The highest BCUT2D eigenvalue weighted by Crippen LogP contribution is 2.33. The molecule has 0 aliphatic carbocycles. The van der Waals surface area contributed by atoms with Gasteiger partial charge >= 0.3 is 0 Å². The maximum atomic E-state index is 13.5. The minimum Gasteiger partial charge on any atom is -0.315 e. The van der Waals surface area contributed by atoms with E-state index in [0.29, 0.717) is 0 Å². The molecule has 1 heterocycles. The van der Waals surface area contributed by atoms with Gasteiger partial charge in [0.1, 0.15) is 5.82 Å². The summed E-state index contributed by atoms with van der Waals surface area (Å²) in [5.41, 5.74) is 1.28. The Bertz CT molecular complexity index is 476. The largest absolute Gasteiger partial charge is 0.315 e. The molecule has 2 rings (SSSR count). The van der Waals surface area contributed by atoms with E-state index < -0.39 is 0 Å². The molecule has 2 aromatic rings. The average molecular weight is 223 g/mol. The third-order valence-corrected chi connectivity index (χ3v) is 3.80. The third-order valence-electron chi connectivity index (χ3n) is 2.54. The Labute approximate surface area is 92.9 Å². The minimum absolute atomic E-state index is 0.102. The average Bonchev–Trinajstić information content (AvgIpc) is 2.58. The Kier molecular flexibility index (Phi) is 3.03. The van der Waals surface area contributed by atoms with Crippen LogP contribution >= 0.6 is 11.3 Å². The lowest BCUT2D eigenvalue weighted by molar-refractivity contribution is 0.641. The van der Waals surface area contributed by atoms with Crippen LogP contribution in [-0.4, -0.2) is 7.05 Å². The molecule has 1 nitrogen and oxygen atoms in total. The van der Waals surface area contributed by atoms with Gasteiger partial charge in [0, 0.05) is 11.4 Å². The number of hydrogen-bond acceptors (Lipinski definition) is 2. The predicted molar refractivity (Wildman–Crippen MR) is 63.9 cm³/mol. The molecule has 0 fully saturated rings. The molecule has 0 aliphatic rings. The summed E-state index contributed by atoms with van der Waals surface area (Å²) >= 11 is 1.56. The zero-order chi connectivity index (χ0) is 10.8. The van der Waals surface area contributed by atoms with E-state index >= 15 is 0 Å². The molecule has 15 heavy (non-hydrogen) atoms. The summed E-state index contributed by atoms with van der Waals surface area (Å²) in [5, 5.41) is 4.20.